The van der Waals surface area contributed by atoms with Gasteiger partial charge in [0.25, 0.3) is 0 Å². The van der Waals surface area contributed by atoms with Crippen LogP contribution in [0.1, 0.15) is 40.0 Å². The minimum Gasteiger partial charge on any atom is -0.497 e. The van der Waals surface area contributed by atoms with Crippen LogP contribution in [0.2, 0.25) is 0 Å². The van der Waals surface area contributed by atoms with Gasteiger partial charge in [-0.15, -0.1) is 0 Å². The van der Waals surface area contributed by atoms with Crippen LogP contribution in [0.15, 0.2) is 22.7 Å². The number of ether oxygens (including phenoxy) is 1. The standard InChI is InChI=1S/C15H24BrNO/c1-5-11(3)9-12(6-2)17-15-10-13(18-4)7-8-14(15)16/h7-8,10-12,17H,5-6,9H2,1-4H3. The van der Waals surface area contributed by atoms with Crippen LogP contribution in [0.4, 0.5) is 5.69 Å². The number of hydrogen-bond donors (Lipinski definition) is 1. The minimum atomic E-state index is 0.517. The molecule has 0 aliphatic carbocycles. The molecule has 0 aromatic heterocycles. The van der Waals surface area contributed by atoms with Gasteiger partial charge in [-0.3, -0.25) is 0 Å². The van der Waals surface area contributed by atoms with Crippen LogP contribution in [0.25, 0.3) is 0 Å². The fourth-order valence-electron chi connectivity index (χ4n) is 1.94. The molecule has 0 amide bonds. The molecular weight excluding hydrogens is 290 g/mol. The van der Waals surface area contributed by atoms with Crippen molar-refractivity contribution in [1.82, 2.24) is 0 Å². The molecule has 0 spiro atoms. The van der Waals surface area contributed by atoms with Crippen LogP contribution in [-0.2, 0) is 0 Å². The van der Waals surface area contributed by atoms with Crippen LogP contribution in [0, 0.1) is 5.92 Å². The minimum absolute atomic E-state index is 0.517. The smallest absolute Gasteiger partial charge is 0.121 e. The normalized spacial score (nSPS) is 14.1. The average molecular weight is 314 g/mol. The van der Waals surface area contributed by atoms with Gasteiger partial charge in [0.05, 0.1) is 12.8 Å². The lowest BCUT2D eigenvalue weighted by molar-refractivity contribution is 0.414. The quantitative estimate of drug-likeness (QED) is 0.757. The van der Waals surface area contributed by atoms with Crippen molar-refractivity contribution >= 4 is 21.6 Å². The van der Waals surface area contributed by atoms with E-state index >= 15 is 0 Å². The lowest BCUT2D eigenvalue weighted by Crippen LogP contribution is -2.21. The van der Waals surface area contributed by atoms with E-state index in [2.05, 4.69) is 42.0 Å². The number of methoxy groups -OCH3 is 1. The molecule has 1 N–H and O–H groups in total. The molecule has 0 saturated heterocycles. The van der Waals surface area contributed by atoms with Gasteiger partial charge in [0.2, 0.25) is 0 Å². The van der Waals surface area contributed by atoms with Crippen molar-refractivity contribution in [3.63, 3.8) is 0 Å². The largest absolute Gasteiger partial charge is 0.497 e. The first-order valence-corrected chi connectivity index (χ1v) is 7.50. The topological polar surface area (TPSA) is 21.3 Å². The fourth-order valence-corrected chi connectivity index (χ4v) is 2.30. The van der Waals surface area contributed by atoms with Crippen LogP contribution < -0.4 is 10.1 Å². The van der Waals surface area contributed by atoms with E-state index in [0.29, 0.717) is 6.04 Å². The summed E-state index contributed by atoms with van der Waals surface area (Å²) in [5.74, 6) is 1.64. The molecule has 0 saturated carbocycles. The zero-order valence-corrected chi connectivity index (χ0v) is 13.4. The highest BCUT2D eigenvalue weighted by atomic mass is 79.9. The molecule has 0 fully saturated rings. The molecule has 0 radical (unpaired) electrons. The second-order valence-corrected chi connectivity index (χ2v) is 5.70. The number of anilines is 1. The van der Waals surface area contributed by atoms with E-state index in [-0.39, 0.29) is 0 Å². The Balaban J connectivity index is 2.74. The molecule has 18 heavy (non-hydrogen) atoms. The molecule has 1 rings (SSSR count). The molecule has 0 bridgehead atoms. The summed E-state index contributed by atoms with van der Waals surface area (Å²) < 4.78 is 6.36. The van der Waals surface area contributed by atoms with E-state index in [1.165, 1.54) is 12.8 Å². The van der Waals surface area contributed by atoms with E-state index < -0.39 is 0 Å². The van der Waals surface area contributed by atoms with Gasteiger partial charge in [0.1, 0.15) is 5.75 Å². The zero-order chi connectivity index (χ0) is 13.5. The molecule has 0 aliphatic rings. The molecule has 3 heteroatoms. The predicted molar refractivity (Wildman–Crippen MR) is 82.5 cm³/mol. The first kappa shape index (κ1) is 15.4. The van der Waals surface area contributed by atoms with Crippen LogP contribution >= 0.6 is 15.9 Å². The lowest BCUT2D eigenvalue weighted by atomic mass is 9.97. The van der Waals surface area contributed by atoms with Crippen LogP contribution in [-0.4, -0.2) is 13.2 Å². The Morgan fingerprint density at radius 2 is 2.00 bits per heavy atom. The molecule has 2 nitrogen and oxygen atoms in total. The second kappa shape index (κ2) is 7.67. The van der Waals surface area contributed by atoms with Gasteiger partial charge in [-0.05, 0) is 46.8 Å². The number of hydrogen-bond acceptors (Lipinski definition) is 2. The van der Waals surface area contributed by atoms with Gasteiger partial charge in [-0.2, -0.15) is 0 Å². The van der Waals surface area contributed by atoms with Crippen molar-refractivity contribution in [3.05, 3.63) is 22.7 Å². The predicted octanol–water partition coefficient (Wildman–Crippen LogP) is 5.08. The van der Waals surface area contributed by atoms with E-state index in [4.69, 9.17) is 4.74 Å². The number of nitrogens with one attached hydrogen (secondary N) is 1. The maximum Gasteiger partial charge on any atom is 0.121 e. The van der Waals surface area contributed by atoms with Gasteiger partial charge in [0, 0.05) is 16.6 Å². The zero-order valence-electron chi connectivity index (χ0n) is 11.8. The molecule has 0 aliphatic heterocycles. The molecule has 102 valence electrons. The maximum absolute atomic E-state index is 5.27. The van der Waals surface area contributed by atoms with E-state index in [1.807, 2.05) is 18.2 Å². The first-order chi connectivity index (χ1) is 8.60. The summed E-state index contributed by atoms with van der Waals surface area (Å²) in [6.07, 6.45) is 3.57. The third-order valence-corrected chi connectivity index (χ3v) is 4.10. The van der Waals surface area contributed by atoms with Crippen molar-refractivity contribution in [1.29, 1.82) is 0 Å². The fraction of sp³-hybridized carbons (Fsp3) is 0.600. The highest BCUT2D eigenvalue weighted by Gasteiger charge is 2.12. The highest BCUT2D eigenvalue weighted by molar-refractivity contribution is 9.10. The van der Waals surface area contributed by atoms with E-state index in [1.54, 1.807) is 7.11 Å². The lowest BCUT2D eigenvalue weighted by Gasteiger charge is -2.22. The summed E-state index contributed by atoms with van der Waals surface area (Å²) in [5.41, 5.74) is 1.12. The molecule has 1 aromatic rings. The Morgan fingerprint density at radius 1 is 1.28 bits per heavy atom. The van der Waals surface area contributed by atoms with E-state index in [9.17, 15) is 0 Å². The summed E-state index contributed by atoms with van der Waals surface area (Å²) in [7, 11) is 1.70. The Morgan fingerprint density at radius 3 is 2.56 bits per heavy atom. The Hall–Kier alpha value is -0.700. The molecule has 1 aromatic carbocycles. The van der Waals surface area contributed by atoms with Crippen LogP contribution in [0.5, 0.6) is 5.75 Å². The van der Waals surface area contributed by atoms with Crippen molar-refractivity contribution in [2.24, 2.45) is 5.92 Å². The Kier molecular flexibility index (Phi) is 6.55. The number of halogens is 1. The molecule has 0 heterocycles. The van der Waals surface area contributed by atoms with Gasteiger partial charge >= 0.3 is 0 Å². The van der Waals surface area contributed by atoms with E-state index in [0.717, 1.165) is 28.2 Å². The first-order valence-electron chi connectivity index (χ1n) is 6.70. The maximum atomic E-state index is 5.27. The average Bonchev–Trinajstić information content (AvgIpc) is 2.39. The van der Waals surface area contributed by atoms with Crippen molar-refractivity contribution in [2.45, 2.75) is 46.1 Å². The van der Waals surface area contributed by atoms with Crippen LogP contribution in [0.3, 0.4) is 0 Å². The van der Waals surface area contributed by atoms with Crippen molar-refractivity contribution in [3.8, 4) is 5.75 Å². The summed E-state index contributed by atoms with van der Waals surface area (Å²) >= 11 is 3.58. The third-order valence-electron chi connectivity index (χ3n) is 3.41. The SMILES string of the molecule is CCC(C)CC(CC)Nc1cc(OC)ccc1Br. The summed E-state index contributed by atoms with van der Waals surface area (Å²) in [4.78, 5) is 0. The summed E-state index contributed by atoms with van der Waals surface area (Å²) in [5, 5.41) is 3.61. The van der Waals surface area contributed by atoms with Gasteiger partial charge in [-0.25, -0.2) is 0 Å². The molecule has 2 unspecified atom stereocenters. The molecule has 2 atom stereocenters. The monoisotopic (exact) mass is 313 g/mol. The van der Waals surface area contributed by atoms with Gasteiger partial charge in [0.15, 0.2) is 0 Å². The Bertz CT molecular complexity index is 368. The second-order valence-electron chi connectivity index (χ2n) is 4.84. The van der Waals surface area contributed by atoms with Crippen molar-refractivity contribution < 1.29 is 4.74 Å². The van der Waals surface area contributed by atoms with Gasteiger partial charge in [-0.1, -0.05) is 27.2 Å². The molecular formula is C15H24BrNO. The highest BCUT2D eigenvalue weighted by Crippen LogP contribution is 2.29. The number of rotatable bonds is 7. The number of benzene rings is 1. The summed E-state index contributed by atoms with van der Waals surface area (Å²) in [6.45, 7) is 6.79. The third kappa shape index (κ3) is 4.52. The van der Waals surface area contributed by atoms with Gasteiger partial charge < -0.3 is 10.1 Å². The van der Waals surface area contributed by atoms with Crippen molar-refractivity contribution in [2.75, 3.05) is 12.4 Å². The Labute approximate surface area is 119 Å². The summed E-state index contributed by atoms with van der Waals surface area (Å²) in [6, 6.07) is 6.55.